The first-order valence-electron chi connectivity index (χ1n) is 4.52. The number of hydrogen-bond donors (Lipinski definition) is 1. The van der Waals surface area contributed by atoms with Crippen LogP contribution in [0.5, 0.6) is 0 Å². The minimum absolute atomic E-state index is 0.429. The smallest absolute Gasteiger partial charge is 0.314 e. The Labute approximate surface area is 104 Å². The first-order chi connectivity index (χ1) is 6.73. The van der Waals surface area contributed by atoms with Crippen LogP contribution in [0.2, 0.25) is 0 Å². The van der Waals surface area contributed by atoms with Crippen molar-refractivity contribution < 1.29 is 14.6 Å². The normalized spacial score (nSPS) is 14.7. The van der Waals surface area contributed by atoms with Crippen LogP contribution in [0.25, 0.3) is 0 Å². The van der Waals surface area contributed by atoms with Crippen molar-refractivity contribution in [2.75, 3.05) is 7.11 Å². The van der Waals surface area contributed by atoms with Gasteiger partial charge in [-0.05, 0) is 55.0 Å². The SMILES string of the molecule is C=C(I)/C=C(\C)[C@@H](O)C(C)(C)C(=O)OC. The number of aliphatic hydroxyl groups excluding tert-OH is 1. The number of hydrogen-bond acceptors (Lipinski definition) is 3. The van der Waals surface area contributed by atoms with Crippen LogP contribution in [0, 0.1) is 5.41 Å². The van der Waals surface area contributed by atoms with Gasteiger partial charge in [0.25, 0.3) is 0 Å². The van der Waals surface area contributed by atoms with Crippen LogP contribution >= 0.6 is 22.6 Å². The number of aliphatic hydroxyl groups is 1. The maximum absolute atomic E-state index is 11.4. The Bertz CT molecular complexity index is 292. The van der Waals surface area contributed by atoms with E-state index < -0.39 is 17.5 Å². The molecule has 1 atom stereocenters. The summed E-state index contributed by atoms with van der Waals surface area (Å²) in [4.78, 5) is 11.4. The zero-order valence-corrected chi connectivity index (χ0v) is 11.7. The number of carbonyl (C=O) groups excluding carboxylic acids is 1. The van der Waals surface area contributed by atoms with E-state index in [1.165, 1.54) is 7.11 Å². The number of rotatable bonds is 4. The van der Waals surface area contributed by atoms with Crippen molar-refractivity contribution in [1.29, 1.82) is 0 Å². The van der Waals surface area contributed by atoms with Crippen molar-refractivity contribution in [3.8, 4) is 0 Å². The van der Waals surface area contributed by atoms with Crippen LogP contribution in [0.15, 0.2) is 21.8 Å². The maximum Gasteiger partial charge on any atom is 0.314 e. The Morgan fingerprint density at radius 3 is 2.40 bits per heavy atom. The molecule has 0 heterocycles. The second-order valence-corrected chi connectivity index (χ2v) is 5.34. The van der Waals surface area contributed by atoms with Gasteiger partial charge in [-0.3, -0.25) is 4.79 Å². The number of allylic oxidation sites excluding steroid dienone is 2. The van der Waals surface area contributed by atoms with Gasteiger partial charge < -0.3 is 9.84 Å². The highest BCUT2D eigenvalue weighted by molar-refractivity contribution is 14.1. The molecule has 0 aromatic rings. The zero-order chi connectivity index (χ0) is 12.2. The van der Waals surface area contributed by atoms with Crippen molar-refractivity contribution in [3.05, 3.63) is 21.8 Å². The summed E-state index contributed by atoms with van der Waals surface area (Å²) in [5, 5.41) is 9.98. The molecule has 0 bridgehead atoms. The van der Waals surface area contributed by atoms with Crippen LogP contribution < -0.4 is 0 Å². The highest BCUT2D eigenvalue weighted by Gasteiger charge is 2.37. The summed E-state index contributed by atoms with van der Waals surface area (Å²) in [7, 11) is 1.31. The van der Waals surface area contributed by atoms with Gasteiger partial charge >= 0.3 is 5.97 Å². The summed E-state index contributed by atoms with van der Waals surface area (Å²) >= 11 is 2.05. The molecule has 4 heteroatoms. The van der Waals surface area contributed by atoms with E-state index >= 15 is 0 Å². The van der Waals surface area contributed by atoms with E-state index in [-0.39, 0.29) is 0 Å². The van der Waals surface area contributed by atoms with E-state index in [0.717, 1.165) is 3.58 Å². The van der Waals surface area contributed by atoms with Gasteiger partial charge in [-0.25, -0.2) is 0 Å². The molecule has 0 radical (unpaired) electrons. The number of methoxy groups -OCH3 is 1. The summed E-state index contributed by atoms with van der Waals surface area (Å²) in [5.74, 6) is -0.429. The summed E-state index contributed by atoms with van der Waals surface area (Å²) < 4.78 is 5.45. The summed E-state index contributed by atoms with van der Waals surface area (Å²) in [5.41, 5.74) is -0.244. The molecule has 0 saturated heterocycles. The van der Waals surface area contributed by atoms with E-state index in [4.69, 9.17) is 0 Å². The van der Waals surface area contributed by atoms with Crippen molar-refractivity contribution in [2.24, 2.45) is 5.41 Å². The highest BCUT2D eigenvalue weighted by atomic mass is 127. The van der Waals surface area contributed by atoms with Crippen molar-refractivity contribution in [2.45, 2.75) is 26.9 Å². The van der Waals surface area contributed by atoms with Gasteiger partial charge in [-0.2, -0.15) is 0 Å². The molecule has 15 heavy (non-hydrogen) atoms. The molecule has 0 aliphatic heterocycles. The summed E-state index contributed by atoms with van der Waals surface area (Å²) in [6.45, 7) is 8.77. The fraction of sp³-hybridized carbons (Fsp3) is 0.545. The van der Waals surface area contributed by atoms with Crippen LogP contribution in [0.4, 0.5) is 0 Å². The van der Waals surface area contributed by atoms with Crippen molar-refractivity contribution >= 4 is 28.6 Å². The Morgan fingerprint density at radius 2 is 2.07 bits per heavy atom. The molecule has 0 aromatic heterocycles. The third-order valence-corrected chi connectivity index (χ3v) is 2.52. The topological polar surface area (TPSA) is 46.5 Å². The van der Waals surface area contributed by atoms with E-state index in [1.54, 1.807) is 26.8 Å². The van der Waals surface area contributed by atoms with E-state index in [1.807, 2.05) is 22.6 Å². The van der Waals surface area contributed by atoms with Gasteiger partial charge in [0.05, 0.1) is 18.6 Å². The first-order valence-corrected chi connectivity index (χ1v) is 5.60. The van der Waals surface area contributed by atoms with Gasteiger partial charge in [0.2, 0.25) is 0 Å². The lowest BCUT2D eigenvalue weighted by Gasteiger charge is -2.28. The fourth-order valence-corrected chi connectivity index (χ4v) is 1.76. The fourth-order valence-electron chi connectivity index (χ4n) is 1.27. The predicted octanol–water partition coefficient (Wildman–Crippen LogP) is 2.44. The maximum atomic E-state index is 11.4. The van der Waals surface area contributed by atoms with Crippen LogP contribution in [0.3, 0.4) is 0 Å². The largest absolute Gasteiger partial charge is 0.469 e. The molecular formula is C11H17IO3. The van der Waals surface area contributed by atoms with Crippen LogP contribution in [-0.2, 0) is 9.53 Å². The van der Waals surface area contributed by atoms with Crippen LogP contribution in [0.1, 0.15) is 20.8 Å². The molecule has 3 nitrogen and oxygen atoms in total. The lowest BCUT2D eigenvalue weighted by molar-refractivity contribution is -0.155. The molecule has 0 rings (SSSR count). The second kappa shape index (κ2) is 5.65. The first kappa shape index (κ1) is 14.6. The van der Waals surface area contributed by atoms with Gasteiger partial charge in [-0.15, -0.1) is 0 Å². The third kappa shape index (κ3) is 3.95. The predicted molar refractivity (Wildman–Crippen MR) is 68.7 cm³/mol. The van der Waals surface area contributed by atoms with E-state index in [9.17, 15) is 9.90 Å². The minimum atomic E-state index is -0.943. The molecule has 0 aliphatic rings. The van der Waals surface area contributed by atoms with E-state index in [2.05, 4.69) is 11.3 Å². The summed E-state index contributed by atoms with van der Waals surface area (Å²) in [6.07, 6.45) is 0.882. The number of halogens is 1. The van der Waals surface area contributed by atoms with Gasteiger partial charge in [-0.1, -0.05) is 6.58 Å². The van der Waals surface area contributed by atoms with Crippen LogP contribution in [-0.4, -0.2) is 24.3 Å². The van der Waals surface area contributed by atoms with Crippen molar-refractivity contribution in [3.63, 3.8) is 0 Å². The lowest BCUT2D eigenvalue weighted by Crippen LogP contribution is -2.38. The van der Waals surface area contributed by atoms with Gasteiger partial charge in [0.15, 0.2) is 0 Å². The molecule has 0 spiro atoms. The quantitative estimate of drug-likeness (QED) is 0.491. The Kier molecular flexibility index (Phi) is 5.51. The average Bonchev–Trinajstić information content (AvgIpc) is 2.13. The molecule has 0 saturated carbocycles. The minimum Gasteiger partial charge on any atom is -0.469 e. The summed E-state index contributed by atoms with van der Waals surface area (Å²) in [6, 6.07) is 0. The zero-order valence-electron chi connectivity index (χ0n) is 9.50. The van der Waals surface area contributed by atoms with E-state index in [0.29, 0.717) is 5.57 Å². The Hall–Kier alpha value is -0.360. The molecule has 0 unspecified atom stereocenters. The van der Waals surface area contributed by atoms with Gasteiger partial charge in [0.1, 0.15) is 0 Å². The second-order valence-electron chi connectivity index (χ2n) is 3.95. The molecule has 86 valence electrons. The monoisotopic (exact) mass is 324 g/mol. The third-order valence-electron chi connectivity index (χ3n) is 2.21. The van der Waals surface area contributed by atoms with Crippen molar-refractivity contribution in [1.82, 2.24) is 0 Å². The van der Waals surface area contributed by atoms with Gasteiger partial charge in [0, 0.05) is 3.58 Å². The molecule has 0 amide bonds. The molecule has 0 fully saturated rings. The molecule has 0 aliphatic carbocycles. The number of esters is 1. The molecule has 0 aromatic carbocycles. The number of carbonyl (C=O) groups is 1. The molecular weight excluding hydrogens is 307 g/mol. The Morgan fingerprint density at radius 1 is 1.60 bits per heavy atom. The number of ether oxygens (including phenoxy) is 1. The lowest BCUT2D eigenvalue weighted by atomic mass is 9.83. The Balaban J connectivity index is 4.91. The standard InChI is InChI=1S/C11H17IO3/c1-7(6-8(2)12)9(13)11(3,4)10(14)15-5/h6,9,13H,2H2,1,3-5H3/b7-6+/t9-/m1/s1. The average molecular weight is 324 g/mol. The highest BCUT2D eigenvalue weighted by Crippen LogP contribution is 2.28. The molecule has 1 N–H and O–H groups in total.